The fraction of sp³-hybridized carbons (Fsp3) is 0.0556. The lowest BCUT2D eigenvalue weighted by Crippen LogP contribution is -2.13. The number of hydrogen-bond donors (Lipinski definition) is 2. The van der Waals surface area contributed by atoms with Crippen molar-refractivity contribution in [2.75, 3.05) is 12.1 Å². The molecule has 2 aromatic carbocycles. The molecule has 0 spiro atoms. The Morgan fingerprint density at radius 3 is 2.64 bits per heavy atom. The summed E-state index contributed by atoms with van der Waals surface area (Å²) in [6, 6.07) is 12.1. The quantitative estimate of drug-likeness (QED) is 0.636. The molecule has 28 heavy (non-hydrogen) atoms. The third-order valence-electron chi connectivity index (χ3n) is 3.82. The second-order valence-electron chi connectivity index (χ2n) is 5.75. The van der Waals surface area contributed by atoms with E-state index in [9.17, 15) is 9.59 Å². The molecule has 1 aliphatic heterocycles. The maximum Gasteiger partial charge on any atom is 0.290 e. The first-order valence-corrected chi connectivity index (χ1v) is 8.17. The summed E-state index contributed by atoms with van der Waals surface area (Å²) in [7, 11) is 0. The summed E-state index contributed by atoms with van der Waals surface area (Å²) in [6.07, 6.45) is 3.10. The number of nitrogens with zero attached hydrogens (tertiary/aromatic N) is 4. The molecule has 0 bridgehead atoms. The molecule has 140 valence electrons. The molecule has 0 atom stereocenters. The molecule has 0 radical (unpaired) electrons. The van der Waals surface area contributed by atoms with Crippen molar-refractivity contribution in [1.29, 1.82) is 0 Å². The molecule has 1 aliphatic rings. The van der Waals surface area contributed by atoms with E-state index in [1.165, 1.54) is 10.9 Å². The van der Waals surface area contributed by atoms with Gasteiger partial charge in [0.25, 0.3) is 11.7 Å². The first-order valence-electron chi connectivity index (χ1n) is 8.17. The van der Waals surface area contributed by atoms with Crippen molar-refractivity contribution in [1.82, 2.24) is 20.2 Å². The number of aromatic nitrogens is 4. The van der Waals surface area contributed by atoms with Crippen LogP contribution in [0.15, 0.2) is 48.5 Å². The van der Waals surface area contributed by atoms with Crippen LogP contribution in [0.3, 0.4) is 0 Å². The fourth-order valence-corrected chi connectivity index (χ4v) is 2.47. The van der Waals surface area contributed by atoms with Crippen molar-refractivity contribution < 1.29 is 19.1 Å². The van der Waals surface area contributed by atoms with Crippen LogP contribution in [-0.2, 0) is 4.79 Å². The van der Waals surface area contributed by atoms with Crippen molar-refractivity contribution in [3.05, 3.63) is 59.9 Å². The summed E-state index contributed by atoms with van der Waals surface area (Å²) in [4.78, 5) is 24.3. The molecule has 10 heteroatoms. The van der Waals surface area contributed by atoms with E-state index in [0.717, 1.165) is 5.56 Å². The molecule has 1 aromatic heterocycles. The Labute approximate surface area is 158 Å². The number of nitrogens with one attached hydrogen (secondary N) is 1. The summed E-state index contributed by atoms with van der Waals surface area (Å²) in [5.74, 6) is 0.113. The number of carbonyl (C=O) groups is 2. The van der Waals surface area contributed by atoms with E-state index in [1.54, 1.807) is 42.5 Å². The molecule has 3 N–H and O–H groups in total. The molecule has 0 saturated heterocycles. The van der Waals surface area contributed by atoms with Crippen LogP contribution in [0.1, 0.15) is 16.2 Å². The zero-order chi connectivity index (χ0) is 19.5. The van der Waals surface area contributed by atoms with Gasteiger partial charge in [-0.15, -0.1) is 15.0 Å². The predicted molar refractivity (Wildman–Crippen MR) is 97.9 cm³/mol. The summed E-state index contributed by atoms with van der Waals surface area (Å²) in [5, 5.41) is 13.9. The minimum Gasteiger partial charge on any atom is -0.454 e. The van der Waals surface area contributed by atoms with Gasteiger partial charge in [-0.3, -0.25) is 9.59 Å². The van der Waals surface area contributed by atoms with E-state index < -0.39 is 5.91 Å². The first kappa shape index (κ1) is 17.2. The lowest BCUT2D eigenvalue weighted by Gasteiger charge is -2.04. The SMILES string of the molecule is NC(=O)c1nnn(-c2ccc(NC(=O)C=Cc3ccc4c(c3)OCO4)cc2)n1. The number of tetrazole rings is 1. The van der Waals surface area contributed by atoms with Crippen LogP contribution in [0.2, 0.25) is 0 Å². The van der Waals surface area contributed by atoms with E-state index in [1.807, 2.05) is 6.07 Å². The molecule has 4 rings (SSSR count). The summed E-state index contributed by atoms with van der Waals surface area (Å²) in [5.41, 5.74) is 7.06. The van der Waals surface area contributed by atoms with Crippen LogP contribution in [0.5, 0.6) is 11.5 Å². The minimum atomic E-state index is -0.760. The highest BCUT2D eigenvalue weighted by atomic mass is 16.7. The average molecular weight is 378 g/mol. The van der Waals surface area contributed by atoms with Gasteiger partial charge in [0.05, 0.1) is 5.69 Å². The first-order chi connectivity index (χ1) is 13.6. The molecule has 2 amide bonds. The van der Waals surface area contributed by atoms with E-state index in [4.69, 9.17) is 15.2 Å². The Morgan fingerprint density at radius 2 is 1.89 bits per heavy atom. The van der Waals surface area contributed by atoms with Gasteiger partial charge >= 0.3 is 0 Å². The number of carbonyl (C=O) groups excluding carboxylic acids is 2. The Bertz CT molecular complexity index is 1070. The lowest BCUT2D eigenvalue weighted by atomic mass is 10.2. The third-order valence-corrected chi connectivity index (χ3v) is 3.82. The topological polar surface area (TPSA) is 134 Å². The normalized spacial score (nSPS) is 12.3. The van der Waals surface area contributed by atoms with Crippen LogP contribution >= 0.6 is 0 Å². The fourth-order valence-electron chi connectivity index (χ4n) is 2.47. The third kappa shape index (κ3) is 3.65. The van der Waals surface area contributed by atoms with Crippen molar-refractivity contribution >= 4 is 23.6 Å². The molecule has 0 fully saturated rings. The van der Waals surface area contributed by atoms with Gasteiger partial charge in [0.15, 0.2) is 11.5 Å². The van der Waals surface area contributed by atoms with Gasteiger partial charge in [-0.1, -0.05) is 6.07 Å². The smallest absolute Gasteiger partial charge is 0.290 e. The van der Waals surface area contributed by atoms with Crippen LogP contribution in [0, 0.1) is 0 Å². The summed E-state index contributed by atoms with van der Waals surface area (Å²) >= 11 is 0. The standard InChI is InChI=1S/C18H14N6O4/c19-17(26)18-21-23-24(22-18)13-5-3-12(4-6-13)20-16(25)8-2-11-1-7-14-15(9-11)28-10-27-14/h1-9H,10H2,(H2,19,26)(H,20,25). The molecule has 0 aliphatic carbocycles. The number of rotatable bonds is 5. The van der Waals surface area contributed by atoms with Gasteiger partial charge < -0.3 is 20.5 Å². The van der Waals surface area contributed by atoms with E-state index >= 15 is 0 Å². The predicted octanol–water partition coefficient (Wildman–Crippen LogP) is 1.14. The Morgan fingerprint density at radius 1 is 1.11 bits per heavy atom. The number of hydrogen-bond acceptors (Lipinski definition) is 7. The summed E-state index contributed by atoms with van der Waals surface area (Å²) in [6.45, 7) is 0.201. The zero-order valence-electron chi connectivity index (χ0n) is 14.4. The Kier molecular flexibility index (Phi) is 4.42. The van der Waals surface area contributed by atoms with E-state index in [-0.39, 0.29) is 18.5 Å². The van der Waals surface area contributed by atoms with Crippen molar-refractivity contribution in [2.24, 2.45) is 5.73 Å². The Hall–Kier alpha value is -4.21. The molecule has 0 unspecified atom stereocenters. The van der Waals surface area contributed by atoms with Crippen LogP contribution in [-0.4, -0.2) is 38.8 Å². The molecule has 0 saturated carbocycles. The second kappa shape index (κ2) is 7.19. The number of ether oxygens (including phenoxy) is 2. The zero-order valence-corrected chi connectivity index (χ0v) is 14.4. The molecular formula is C18H14N6O4. The van der Waals surface area contributed by atoms with Crippen LogP contribution in [0.25, 0.3) is 11.8 Å². The largest absolute Gasteiger partial charge is 0.454 e. The average Bonchev–Trinajstić information content (AvgIpc) is 3.36. The van der Waals surface area contributed by atoms with Crippen LogP contribution in [0.4, 0.5) is 5.69 Å². The summed E-state index contributed by atoms with van der Waals surface area (Å²) < 4.78 is 10.6. The van der Waals surface area contributed by atoms with Gasteiger partial charge in [-0.05, 0) is 53.3 Å². The van der Waals surface area contributed by atoms with Gasteiger partial charge in [-0.25, -0.2) is 0 Å². The van der Waals surface area contributed by atoms with Gasteiger partial charge in [0.1, 0.15) is 0 Å². The highest BCUT2D eigenvalue weighted by molar-refractivity contribution is 6.02. The monoisotopic (exact) mass is 378 g/mol. The molecule has 3 aromatic rings. The maximum atomic E-state index is 12.1. The highest BCUT2D eigenvalue weighted by Gasteiger charge is 2.12. The van der Waals surface area contributed by atoms with Crippen molar-refractivity contribution in [3.63, 3.8) is 0 Å². The van der Waals surface area contributed by atoms with Gasteiger partial charge in [0.2, 0.25) is 12.7 Å². The number of primary amides is 1. The van der Waals surface area contributed by atoms with Crippen molar-refractivity contribution in [2.45, 2.75) is 0 Å². The van der Waals surface area contributed by atoms with Gasteiger partial charge in [0, 0.05) is 11.8 Å². The minimum absolute atomic E-state index is 0.175. The maximum absolute atomic E-state index is 12.1. The number of amides is 2. The van der Waals surface area contributed by atoms with Crippen molar-refractivity contribution in [3.8, 4) is 17.2 Å². The molecule has 10 nitrogen and oxygen atoms in total. The number of anilines is 1. The van der Waals surface area contributed by atoms with Gasteiger partial charge in [-0.2, -0.15) is 0 Å². The molecule has 2 heterocycles. The number of nitrogens with two attached hydrogens (primary N) is 1. The van der Waals surface area contributed by atoms with Crippen LogP contribution < -0.4 is 20.5 Å². The highest BCUT2D eigenvalue weighted by Crippen LogP contribution is 2.32. The second-order valence-corrected chi connectivity index (χ2v) is 5.75. The van der Waals surface area contributed by atoms with E-state index in [2.05, 4.69) is 20.7 Å². The lowest BCUT2D eigenvalue weighted by molar-refractivity contribution is -0.111. The molecular weight excluding hydrogens is 364 g/mol. The Balaban J connectivity index is 1.39. The number of fused-ring (bicyclic) bond motifs is 1. The van der Waals surface area contributed by atoms with E-state index in [0.29, 0.717) is 22.9 Å². The number of benzene rings is 2.